The Labute approximate surface area is 218 Å². The third-order valence-electron chi connectivity index (χ3n) is 7.15. The third-order valence-corrected chi connectivity index (χ3v) is 7.84. The Morgan fingerprint density at radius 3 is 2.57 bits per heavy atom. The second-order valence-electron chi connectivity index (χ2n) is 9.95. The highest BCUT2D eigenvalue weighted by atomic mass is 35.5. The maximum Gasteiger partial charge on any atom is 0.258 e. The maximum atomic E-state index is 13.4. The van der Waals surface area contributed by atoms with Crippen molar-refractivity contribution in [2.45, 2.75) is 89.2 Å². The van der Waals surface area contributed by atoms with Crippen LogP contribution in [0.4, 0.5) is 5.69 Å². The smallest absolute Gasteiger partial charge is 0.258 e. The molecule has 3 aliphatic rings. The molecular formula is C26H34ClN3O4S. The number of thiocarbonyl (C=S) groups is 1. The molecule has 7 nitrogen and oxygen atoms in total. The van der Waals surface area contributed by atoms with E-state index in [0.29, 0.717) is 34.6 Å². The molecule has 1 aromatic rings. The Balaban J connectivity index is 1.28. The van der Waals surface area contributed by atoms with E-state index in [2.05, 4.69) is 4.90 Å². The van der Waals surface area contributed by atoms with Gasteiger partial charge in [-0.1, -0.05) is 11.6 Å². The first-order valence-electron chi connectivity index (χ1n) is 12.5. The van der Waals surface area contributed by atoms with Crippen molar-refractivity contribution in [3.8, 4) is 6.07 Å². The number of nitriles is 1. The van der Waals surface area contributed by atoms with Crippen LogP contribution in [0.15, 0.2) is 18.2 Å². The Hall–Kier alpha value is -1.76. The van der Waals surface area contributed by atoms with E-state index >= 15 is 0 Å². The summed E-state index contributed by atoms with van der Waals surface area (Å²) in [6.07, 6.45) is 8.01. The molecule has 1 aliphatic carbocycles. The second-order valence-corrected chi connectivity index (χ2v) is 10.7. The molecule has 1 aromatic carbocycles. The number of hydrogen-bond donors (Lipinski definition) is 0. The number of nitrogens with zero attached hydrogens (tertiary/aromatic N) is 3. The number of carbonyl (C=O) groups is 1. The normalized spacial score (nSPS) is 26.7. The van der Waals surface area contributed by atoms with Gasteiger partial charge in [0, 0.05) is 19.3 Å². The number of halogens is 1. The summed E-state index contributed by atoms with van der Waals surface area (Å²) in [5, 5.41) is 9.96. The van der Waals surface area contributed by atoms with Gasteiger partial charge in [0.15, 0.2) is 11.4 Å². The van der Waals surface area contributed by atoms with Crippen LogP contribution in [0, 0.1) is 11.3 Å². The zero-order valence-corrected chi connectivity index (χ0v) is 22.1. The van der Waals surface area contributed by atoms with Crippen molar-refractivity contribution in [2.24, 2.45) is 0 Å². The van der Waals surface area contributed by atoms with Gasteiger partial charge in [-0.2, -0.15) is 5.26 Å². The predicted octanol–water partition coefficient (Wildman–Crippen LogP) is 5.18. The molecule has 1 amide bonds. The van der Waals surface area contributed by atoms with Gasteiger partial charge in [-0.05, 0) is 95.6 Å². The summed E-state index contributed by atoms with van der Waals surface area (Å²) in [7, 11) is 0. The summed E-state index contributed by atoms with van der Waals surface area (Å²) >= 11 is 12.0. The average Bonchev–Trinajstić information content (AvgIpc) is 3.03. The van der Waals surface area contributed by atoms with Crippen LogP contribution >= 0.6 is 23.8 Å². The van der Waals surface area contributed by atoms with E-state index in [0.717, 1.165) is 51.6 Å². The summed E-state index contributed by atoms with van der Waals surface area (Å²) in [5.74, 6) is -0.0800. The van der Waals surface area contributed by atoms with Crippen molar-refractivity contribution >= 4 is 40.5 Å². The van der Waals surface area contributed by atoms with Crippen LogP contribution in [0.2, 0.25) is 5.02 Å². The third kappa shape index (κ3) is 5.81. The molecule has 2 aliphatic heterocycles. The van der Waals surface area contributed by atoms with Gasteiger partial charge in [0.1, 0.15) is 11.6 Å². The fourth-order valence-corrected chi connectivity index (χ4v) is 6.00. The van der Waals surface area contributed by atoms with E-state index in [1.165, 1.54) is 6.42 Å². The molecule has 35 heavy (non-hydrogen) atoms. The second kappa shape index (κ2) is 11.5. The highest BCUT2D eigenvalue weighted by Gasteiger charge is 2.52. The number of hydrogen-bond acceptors (Lipinski definition) is 6. The SMILES string of the molecule is CC1(C)C(=O)N(c2ccc(C#N)c(Cl)c2)C(=S)N1C1CCC(OCCCOC2CCCCO2)CC1. The lowest BCUT2D eigenvalue weighted by Crippen LogP contribution is -2.51. The first-order chi connectivity index (χ1) is 16.8. The zero-order chi connectivity index (χ0) is 25.0. The average molecular weight is 520 g/mol. The fraction of sp³-hybridized carbons (Fsp3) is 0.654. The molecule has 9 heteroatoms. The van der Waals surface area contributed by atoms with Crippen molar-refractivity contribution in [1.29, 1.82) is 5.26 Å². The van der Waals surface area contributed by atoms with Gasteiger partial charge < -0.3 is 19.1 Å². The molecule has 0 N–H and O–H groups in total. The summed E-state index contributed by atoms with van der Waals surface area (Å²) < 4.78 is 17.5. The van der Waals surface area contributed by atoms with Gasteiger partial charge in [-0.25, -0.2) is 0 Å². The first kappa shape index (κ1) is 26.3. The van der Waals surface area contributed by atoms with Crippen molar-refractivity contribution in [1.82, 2.24) is 4.90 Å². The lowest BCUT2D eigenvalue weighted by molar-refractivity contribution is -0.164. The van der Waals surface area contributed by atoms with Gasteiger partial charge >= 0.3 is 0 Å². The number of carbonyl (C=O) groups excluding carboxylic acids is 1. The lowest BCUT2D eigenvalue weighted by Gasteiger charge is -2.40. The standard InChI is InChI=1S/C26H34ClN3O4S/c1-26(2)24(31)29(20-8-7-18(17-28)22(27)16-20)25(35)30(26)19-9-11-21(12-10-19)32-14-5-15-34-23-6-3-4-13-33-23/h7-8,16,19,21,23H,3-6,9-15H2,1-2H3. The van der Waals surface area contributed by atoms with Gasteiger partial charge in [-0.15, -0.1) is 0 Å². The maximum absolute atomic E-state index is 13.4. The number of benzene rings is 1. The number of rotatable bonds is 8. The zero-order valence-electron chi connectivity index (χ0n) is 20.5. The summed E-state index contributed by atoms with van der Waals surface area (Å²) in [5.41, 5.74) is 0.211. The van der Waals surface area contributed by atoms with E-state index in [4.69, 9.17) is 43.3 Å². The number of anilines is 1. The molecule has 190 valence electrons. The van der Waals surface area contributed by atoms with Crippen molar-refractivity contribution in [3.63, 3.8) is 0 Å². The lowest BCUT2D eigenvalue weighted by atomic mass is 9.89. The summed E-state index contributed by atoms with van der Waals surface area (Å²) in [6, 6.07) is 7.21. The summed E-state index contributed by atoms with van der Waals surface area (Å²) in [6.45, 7) is 5.98. The predicted molar refractivity (Wildman–Crippen MR) is 138 cm³/mol. The molecule has 2 saturated heterocycles. The molecule has 0 spiro atoms. The molecule has 1 unspecified atom stereocenters. The van der Waals surface area contributed by atoms with Gasteiger partial charge in [-0.3, -0.25) is 9.69 Å². The summed E-state index contributed by atoms with van der Waals surface area (Å²) in [4.78, 5) is 17.0. The Morgan fingerprint density at radius 2 is 1.91 bits per heavy atom. The molecule has 3 fully saturated rings. The van der Waals surface area contributed by atoms with Gasteiger partial charge in [0.25, 0.3) is 5.91 Å². The van der Waals surface area contributed by atoms with Crippen LogP contribution in [-0.4, -0.2) is 59.7 Å². The minimum absolute atomic E-state index is 0.0468. The van der Waals surface area contributed by atoms with Crippen molar-refractivity contribution < 1.29 is 19.0 Å². The molecular weight excluding hydrogens is 486 g/mol. The molecule has 4 rings (SSSR count). The van der Waals surface area contributed by atoms with Gasteiger partial charge in [0.05, 0.1) is 29.0 Å². The molecule has 2 heterocycles. The monoisotopic (exact) mass is 519 g/mol. The largest absolute Gasteiger partial charge is 0.378 e. The molecule has 0 bridgehead atoms. The van der Waals surface area contributed by atoms with Crippen LogP contribution in [0.1, 0.15) is 70.8 Å². The highest BCUT2D eigenvalue weighted by Crippen LogP contribution is 2.39. The molecule has 0 radical (unpaired) electrons. The van der Waals surface area contributed by atoms with Crippen LogP contribution in [0.25, 0.3) is 0 Å². The van der Waals surface area contributed by atoms with E-state index in [9.17, 15) is 4.79 Å². The molecule has 1 atom stereocenters. The minimum atomic E-state index is -0.756. The number of amides is 1. The fourth-order valence-electron chi connectivity index (χ4n) is 5.22. The van der Waals surface area contributed by atoms with Crippen LogP contribution < -0.4 is 4.90 Å². The van der Waals surface area contributed by atoms with E-state index in [-0.39, 0.29) is 24.3 Å². The highest BCUT2D eigenvalue weighted by molar-refractivity contribution is 7.80. The van der Waals surface area contributed by atoms with Gasteiger partial charge in [0.2, 0.25) is 0 Å². The van der Waals surface area contributed by atoms with E-state index in [1.54, 1.807) is 23.1 Å². The minimum Gasteiger partial charge on any atom is -0.378 e. The van der Waals surface area contributed by atoms with E-state index < -0.39 is 5.54 Å². The van der Waals surface area contributed by atoms with Crippen molar-refractivity contribution in [3.05, 3.63) is 28.8 Å². The molecule has 1 saturated carbocycles. The quantitative estimate of drug-likeness (QED) is 0.346. The molecule has 0 aromatic heterocycles. The van der Waals surface area contributed by atoms with Crippen molar-refractivity contribution in [2.75, 3.05) is 24.7 Å². The Morgan fingerprint density at radius 1 is 1.17 bits per heavy atom. The Bertz CT molecular complexity index is 968. The topological polar surface area (TPSA) is 75.0 Å². The number of ether oxygens (including phenoxy) is 3. The van der Waals surface area contributed by atoms with Crippen LogP contribution in [0.3, 0.4) is 0 Å². The van der Waals surface area contributed by atoms with Crippen LogP contribution in [-0.2, 0) is 19.0 Å². The Kier molecular flexibility index (Phi) is 8.67. The van der Waals surface area contributed by atoms with Crippen LogP contribution in [0.5, 0.6) is 0 Å². The first-order valence-corrected chi connectivity index (χ1v) is 13.3. The van der Waals surface area contributed by atoms with E-state index in [1.807, 2.05) is 19.9 Å².